The molecule has 0 spiro atoms. The van der Waals surface area contributed by atoms with Crippen molar-refractivity contribution >= 4 is 144 Å². The van der Waals surface area contributed by atoms with Crippen LogP contribution in [0, 0.1) is 30.1 Å². The van der Waals surface area contributed by atoms with E-state index in [-0.39, 0.29) is 95.8 Å². The number of ether oxygens (including phenoxy) is 3. The highest BCUT2D eigenvalue weighted by Gasteiger charge is 2.39. The number of aromatic amines is 2. The standard InChI is InChI=1S/C82H114N18O23S2/c1-12-24-121-26-28-123-29-27-122-25-23-100-39-51(54-18-14-16-20-65(54)100)33-60-74(112)94-61(34-52-37-83-42-86-52)76(114)92-57(30-43(2)3)72(110)85-38-66(104)90-56(21-22-67(105)106)73(111)93-58(31-44(4)5)78(116)98-69(45(6)7)81(119)95-59(32-50-36-84-55-19-15-13-17-53(50)55)75(113)97-64(80(118)99-70(47(9)101)82(120)89-49(11)103)41-125-124-40-63(79(117)87-46(8)71(109)91-60)96-77(115)62(35-68(107)108)88-48(10)102/h1,13-20,36-37,39,42-47,56-64,69-70,84,101H,21-35,38,40-41H2,2-11H3,(H,83,86)(H,85,110)(H,87,117)(H,88,102)(H,90,104)(H,91,109)(H,92,114)(H,93,111)(H,94,112)(H,95,119)(H,96,115)(H,97,113)(H,98,116)(H,99,118)(H,105,106)(H,107,108)(H,89,103,120)/t46-,47+,56-,57-,58-,59+,60-,61-,62-,63-,64-,69-,70-/m0/s1. The number of carboxylic acids is 2. The van der Waals surface area contributed by atoms with E-state index in [2.05, 4.69) is 90.0 Å². The zero-order chi connectivity index (χ0) is 92.1. The number of aliphatic hydroxyl groups is 1. The highest BCUT2D eigenvalue weighted by Crippen LogP contribution is 2.27. The van der Waals surface area contributed by atoms with Crippen molar-refractivity contribution in [3.63, 3.8) is 0 Å². The number of aliphatic hydroxyl groups excluding tert-OH is 1. The number of fused-ring (bicyclic) bond motifs is 2. The Balaban J connectivity index is 1.49. The number of imidazole rings is 1. The van der Waals surface area contributed by atoms with Crippen LogP contribution < -0.4 is 74.4 Å². The highest BCUT2D eigenvalue weighted by atomic mass is 33.1. The topological polar surface area (TPSA) is 596 Å². The Bertz CT molecular complexity index is 4610. The van der Waals surface area contributed by atoms with E-state index in [1.54, 1.807) is 102 Å². The number of rotatable bonds is 33. The molecule has 1 aliphatic rings. The molecule has 4 heterocycles. The molecule has 43 heteroatoms. The van der Waals surface area contributed by atoms with Crippen molar-refractivity contribution in [3.05, 3.63) is 90.3 Å². The maximum Gasteiger partial charge on any atom is 0.305 e. The summed E-state index contributed by atoms with van der Waals surface area (Å²) >= 11 is 0. The van der Waals surface area contributed by atoms with Crippen LogP contribution in [0.25, 0.3) is 21.8 Å². The molecular formula is C82H114N18O23S2. The summed E-state index contributed by atoms with van der Waals surface area (Å²) in [4.78, 5) is 250. The van der Waals surface area contributed by atoms with Gasteiger partial charge in [0.2, 0.25) is 82.7 Å². The first-order chi connectivity index (χ1) is 59.3. The van der Waals surface area contributed by atoms with Gasteiger partial charge in [0.25, 0.3) is 5.91 Å². The van der Waals surface area contributed by atoms with Gasteiger partial charge in [-0.25, -0.2) is 4.98 Å². The summed E-state index contributed by atoms with van der Waals surface area (Å²) in [6.45, 7) is 14.9. The van der Waals surface area contributed by atoms with Gasteiger partial charge in [0.05, 0.1) is 58.4 Å². The molecule has 0 aliphatic carbocycles. The summed E-state index contributed by atoms with van der Waals surface area (Å²) in [6, 6.07) is -6.22. The number of aromatic nitrogens is 4. The van der Waals surface area contributed by atoms with Gasteiger partial charge in [-0.3, -0.25) is 86.8 Å². The molecule has 13 atom stereocenters. The average molecular weight is 1780 g/mol. The van der Waals surface area contributed by atoms with E-state index in [4.69, 9.17) is 20.6 Å². The van der Waals surface area contributed by atoms with Crippen molar-refractivity contribution in [1.82, 2.24) is 94.0 Å². The van der Waals surface area contributed by atoms with Crippen LogP contribution in [-0.2, 0) is 122 Å². The minimum Gasteiger partial charge on any atom is -0.481 e. The van der Waals surface area contributed by atoms with Gasteiger partial charge < -0.3 is 113 Å². The van der Waals surface area contributed by atoms with Crippen LogP contribution in [0.3, 0.4) is 0 Å². The first kappa shape index (κ1) is 102. The van der Waals surface area contributed by atoms with E-state index in [0.29, 0.717) is 32.9 Å². The lowest BCUT2D eigenvalue weighted by molar-refractivity contribution is -0.141. The van der Waals surface area contributed by atoms with Gasteiger partial charge in [-0.05, 0) is 74.1 Å². The normalized spacial score (nSPS) is 21.4. The zero-order valence-electron chi connectivity index (χ0n) is 71.2. The quantitative estimate of drug-likeness (QED) is 0.0123. The SMILES string of the molecule is C#CCOCCOCCOCCn1cc(C[C@@H]2NC(=O)[C@H](C)NC(=O)[C@@H](NC(=O)[C@H](CC(=O)O)NC(C)=O)CSSC[C@@H](C(=O)N[C@H](C(=O)NC(C)=O)[C@@H](C)O)NC(=O)[C@@H](Cc3c[nH]c4ccccc34)NC(=O)[C@H](C(C)C)NC(=O)[C@H](CC(C)C)NC(=O)[C@H](CCC(=O)O)NC(=O)CNC(=O)[C@H](CC(C)C)NC(=O)[C@H](Cc3cnc[nH]3)NC2=O)c2ccccc21. The van der Waals surface area contributed by atoms with Gasteiger partial charge in [-0.15, -0.1) is 6.42 Å². The number of nitrogens with zero attached hydrogens (tertiary/aromatic N) is 2. The van der Waals surface area contributed by atoms with Crippen molar-refractivity contribution < 1.29 is 111 Å². The molecule has 0 saturated carbocycles. The van der Waals surface area contributed by atoms with Crippen molar-refractivity contribution in [2.75, 3.05) is 57.7 Å². The Morgan fingerprint density at radius 2 is 1.16 bits per heavy atom. The summed E-state index contributed by atoms with van der Waals surface area (Å²) in [5.41, 5.74) is 2.45. The first-order valence-electron chi connectivity index (χ1n) is 40.6. The van der Waals surface area contributed by atoms with Gasteiger partial charge in [-0.2, -0.15) is 0 Å². The third kappa shape index (κ3) is 34.2. The number of H-pyrrole nitrogens is 2. The summed E-state index contributed by atoms with van der Waals surface area (Å²) in [5, 5.41) is 66.8. The molecule has 1 saturated heterocycles. The van der Waals surface area contributed by atoms with Gasteiger partial charge in [-0.1, -0.05) is 105 Å². The first-order valence-corrected chi connectivity index (χ1v) is 43.1. The van der Waals surface area contributed by atoms with E-state index in [1.165, 1.54) is 19.4 Å². The Labute approximate surface area is 729 Å². The van der Waals surface area contributed by atoms with E-state index >= 15 is 14.4 Å². The molecule has 125 heavy (non-hydrogen) atoms. The second-order valence-corrected chi connectivity index (χ2v) is 33.6. The molecule has 1 fully saturated rings. The largest absolute Gasteiger partial charge is 0.481 e. The number of carbonyl (C=O) groups excluding carboxylic acids is 15. The van der Waals surface area contributed by atoms with E-state index in [1.807, 2.05) is 9.88 Å². The number of hydrogen-bond acceptors (Lipinski definition) is 24. The average Bonchev–Trinajstić information content (AvgIpc) is 1.65. The smallest absolute Gasteiger partial charge is 0.305 e. The molecule has 41 nitrogen and oxygen atoms in total. The fourth-order valence-electron chi connectivity index (χ4n) is 13.1. The molecule has 682 valence electrons. The Morgan fingerprint density at radius 3 is 1.77 bits per heavy atom. The lowest BCUT2D eigenvalue weighted by Gasteiger charge is -2.29. The maximum absolute atomic E-state index is 15.4. The number of hydrogen-bond donors (Lipinski definition) is 19. The zero-order valence-corrected chi connectivity index (χ0v) is 72.8. The predicted octanol–water partition coefficient (Wildman–Crippen LogP) is -1.94. The second kappa shape index (κ2) is 51.3. The molecule has 5 aromatic rings. The third-order valence-corrected chi connectivity index (χ3v) is 21.8. The van der Waals surface area contributed by atoms with Crippen molar-refractivity contribution in [2.45, 2.75) is 206 Å². The minimum atomic E-state index is -1.87. The van der Waals surface area contributed by atoms with Gasteiger partial charge in [0, 0.05) is 104 Å². The van der Waals surface area contributed by atoms with Gasteiger partial charge in [0.15, 0.2) is 0 Å². The number of para-hydroxylation sites is 2. The summed E-state index contributed by atoms with van der Waals surface area (Å²) in [5.74, 6) is -18.8. The Morgan fingerprint density at radius 1 is 0.592 bits per heavy atom. The molecular weight excluding hydrogens is 1670 g/mol. The van der Waals surface area contributed by atoms with E-state index in [0.717, 1.165) is 42.4 Å². The van der Waals surface area contributed by atoms with Crippen LogP contribution in [-0.4, -0.2) is 272 Å². The van der Waals surface area contributed by atoms with Gasteiger partial charge >= 0.3 is 11.9 Å². The van der Waals surface area contributed by atoms with Crippen molar-refractivity contribution in [2.24, 2.45) is 17.8 Å². The van der Waals surface area contributed by atoms with Crippen LogP contribution in [0.1, 0.15) is 118 Å². The number of terminal acetylenes is 1. The van der Waals surface area contributed by atoms with Gasteiger partial charge in [0.1, 0.15) is 79.1 Å². The number of benzene rings is 2. The van der Waals surface area contributed by atoms with E-state index < -0.39 is 222 Å². The molecule has 1 aliphatic heterocycles. The monoisotopic (exact) mass is 1780 g/mol. The van der Waals surface area contributed by atoms with Crippen LogP contribution in [0.5, 0.6) is 0 Å². The van der Waals surface area contributed by atoms with E-state index in [9.17, 15) is 82.4 Å². The molecule has 2 aromatic carbocycles. The summed E-state index contributed by atoms with van der Waals surface area (Å²) < 4.78 is 18.6. The van der Waals surface area contributed by atoms with Crippen LogP contribution in [0.2, 0.25) is 0 Å². The van der Waals surface area contributed by atoms with Crippen molar-refractivity contribution in [3.8, 4) is 12.3 Å². The molecule has 19 N–H and O–H groups in total. The fraction of sp³-hybridized carbons (Fsp3) is 0.537. The molecule has 6 rings (SSSR count). The maximum atomic E-state index is 15.4. The number of nitrogens with one attached hydrogen (secondary N) is 16. The predicted molar refractivity (Wildman–Crippen MR) is 457 cm³/mol. The second-order valence-electron chi connectivity index (χ2n) is 31.0. The molecule has 3 aromatic heterocycles. The summed E-state index contributed by atoms with van der Waals surface area (Å²) in [7, 11) is 1.47. The number of aliphatic carboxylic acids is 2. The Kier molecular flexibility index (Phi) is 41.8. The van der Waals surface area contributed by atoms with Crippen LogP contribution in [0.4, 0.5) is 0 Å². The lowest BCUT2D eigenvalue weighted by Crippen LogP contribution is -2.62. The minimum absolute atomic E-state index is 0.0834. The molecule has 0 radical (unpaired) electrons. The summed E-state index contributed by atoms with van der Waals surface area (Å²) in [6.07, 6.45) is 6.00. The molecule has 0 bridgehead atoms. The van der Waals surface area contributed by atoms with Crippen LogP contribution in [0.15, 0.2) is 73.4 Å². The number of amides is 15. The molecule has 0 unspecified atom stereocenters. The van der Waals surface area contributed by atoms with Crippen LogP contribution >= 0.6 is 21.6 Å². The number of imide groups is 1. The number of carbonyl (C=O) groups is 17. The fourth-order valence-corrected chi connectivity index (χ4v) is 15.4. The molecule has 15 amide bonds. The third-order valence-electron chi connectivity index (χ3n) is 19.3. The number of carboxylic acid groups (broad SMARTS) is 2. The highest BCUT2D eigenvalue weighted by molar-refractivity contribution is 8.76. The van der Waals surface area contributed by atoms with Crippen molar-refractivity contribution in [1.29, 1.82) is 0 Å². The lowest BCUT2D eigenvalue weighted by atomic mass is 9.98. The Hall–Kier alpha value is -12.0.